The van der Waals surface area contributed by atoms with E-state index in [0.717, 1.165) is 24.5 Å². The predicted octanol–water partition coefficient (Wildman–Crippen LogP) is 2.97. The second-order valence-electron chi connectivity index (χ2n) is 4.19. The molecule has 0 radical (unpaired) electrons. The molecule has 0 fully saturated rings. The first kappa shape index (κ1) is 14.0. The van der Waals surface area contributed by atoms with E-state index in [4.69, 9.17) is 4.74 Å². The van der Waals surface area contributed by atoms with Crippen molar-refractivity contribution in [1.82, 2.24) is 10.3 Å². The van der Waals surface area contributed by atoms with Gasteiger partial charge < -0.3 is 10.1 Å². The fourth-order valence-corrected chi connectivity index (χ4v) is 2.06. The summed E-state index contributed by atoms with van der Waals surface area (Å²) in [6.07, 6.45) is 1.11. The summed E-state index contributed by atoms with van der Waals surface area (Å²) < 4.78 is 5.44. The van der Waals surface area contributed by atoms with Crippen LogP contribution in [0, 0.1) is 0 Å². The molecule has 1 aromatic rings. The number of nitrogens with zero attached hydrogens (tertiary/aromatic N) is 1. The first-order valence-corrected chi connectivity index (χ1v) is 6.56. The molecule has 1 heterocycles. The van der Waals surface area contributed by atoms with Crippen LogP contribution < -0.4 is 10.1 Å². The quantitative estimate of drug-likeness (QED) is 0.790. The highest BCUT2D eigenvalue weighted by Gasteiger charge is 2.17. The molecule has 96 valence electrons. The summed E-state index contributed by atoms with van der Waals surface area (Å²) in [6, 6.07) is 6.48. The average molecular weight is 236 g/mol. The molecular weight excluding hydrogens is 212 g/mol. The van der Waals surface area contributed by atoms with Crippen molar-refractivity contribution in [2.24, 2.45) is 0 Å². The van der Waals surface area contributed by atoms with Gasteiger partial charge in [0.15, 0.2) is 0 Å². The van der Waals surface area contributed by atoms with Gasteiger partial charge in [0.1, 0.15) is 0 Å². The Morgan fingerprint density at radius 2 is 2.06 bits per heavy atom. The molecule has 1 rings (SSSR count). The van der Waals surface area contributed by atoms with Gasteiger partial charge in [-0.3, -0.25) is 0 Å². The third kappa shape index (κ3) is 4.00. The van der Waals surface area contributed by atoms with Crippen molar-refractivity contribution >= 4 is 0 Å². The third-order valence-corrected chi connectivity index (χ3v) is 3.01. The van der Waals surface area contributed by atoms with Gasteiger partial charge in [-0.2, -0.15) is 0 Å². The third-order valence-electron chi connectivity index (χ3n) is 3.01. The van der Waals surface area contributed by atoms with Crippen molar-refractivity contribution in [2.75, 3.05) is 13.2 Å². The van der Waals surface area contributed by atoms with Gasteiger partial charge in [0.25, 0.3) is 0 Å². The van der Waals surface area contributed by atoms with Gasteiger partial charge in [-0.15, -0.1) is 0 Å². The van der Waals surface area contributed by atoms with E-state index in [0.29, 0.717) is 18.6 Å². The lowest BCUT2D eigenvalue weighted by atomic mass is 9.95. The molecule has 3 heteroatoms. The van der Waals surface area contributed by atoms with Gasteiger partial charge in [0.05, 0.1) is 6.61 Å². The highest BCUT2D eigenvalue weighted by molar-refractivity contribution is 5.19. The zero-order valence-corrected chi connectivity index (χ0v) is 11.4. The molecule has 0 aliphatic carbocycles. The molecule has 17 heavy (non-hydrogen) atoms. The molecule has 0 bridgehead atoms. The van der Waals surface area contributed by atoms with Crippen LogP contribution in [0.4, 0.5) is 0 Å². The lowest BCUT2D eigenvalue weighted by Gasteiger charge is -2.23. The second-order valence-corrected chi connectivity index (χ2v) is 4.19. The smallest absolute Gasteiger partial charge is 0.213 e. The molecule has 0 amide bonds. The summed E-state index contributed by atoms with van der Waals surface area (Å²) in [5.74, 6) is 1.13. The van der Waals surface area contributed by atoms with Crippen LogP contribution in [0.2, 0.25) is 0 Å². The first-order chi connectivity index (χ1) is 8.22. The minimum Gasteiger partial charge on any atom is -0.478 e. The van der Waals surface area contributed by atoms with Crippen LogP contribution in [0.1, 0.15) is 45.7 Å². The second kappa shape index (κ2) is 7.28. The predicted molar refractivity (Wildman–Crippen MR) is 71.6 cm³/mol. The zero-order valence-electron chi connectivity index (χ0n) is 11.4. The maximum Gasteiger partial charge on any atom is 0.213 e. The standard InChI is InChI=1S/C14H24N2O/c1-5-12(15-6-2)11(4)13-9-8-10-14(16-13)17-7-3/h8-12,15H,5-7H2,1-4H3. The molecule has 0 spiro atoms. The lowest BCUT2D eigenvalue weighted by Crippen LogP contribution is -2.33. The summed E-state index contributed by atoms with van der Waals surface area (Å²) in [4.78, 5) is 4.55. The van der Waals surface area contributed by atoms with Crippen LogP contribution in [0.25, 0.3) is 0 Å². The topological polar surface area (TPSA) is 34.1 Å². The van der Waals surface area contributed by atoms with E-state index >= 15 is 0 Å². The molecule has 1 aromatic heterocycles. The van der Waals surface area contributed by atoms with E-state index in [2.05, 4.69) is 37.1 Å². The van der Waals surface area contributed by atoms with Crippen molar-refractivity contribution < 1.29 is 4.74 Å². The molecule has 2 atom stereocenters. The number of likely N-dealkylation sites (N-methyl/N-ethyl adjacent to an activating group) is 1. The summed E-state index contributed by atoms with van der Waals surface area (Å²) in [5.41, 5.74) is 1.10. The Labute approximate surface area is 105 Å². The molecular formula is C14H24N2O. The maximum atomic E-state index is 5.44. The van der Waals surface area contributed by atoms with E-state index in [-0.39, 0.29) is 0 Å². The van der Waals surface area contributed by atoms with E-state index < -0.39 is 0 Å². The Morgan fingerprint density at radius 3 is 2.65 bits per heavy atom. The van der Waals surface area contributed by atoms with Gasteiger partial charge >= 0.3 is 0 Å². The van der Waals surface area contributed by atoms with Gasteiger partial charge in [-0.1, -0.05) is 26.8 Å². The highest BCUT2D eigenvalue weighted by atomic mass is 16.5. The van der Waals surface area contributed by atoms with Gasteiger partial charge in [-0.05, 0) is 26.0 Å². The molecule has 0 saturated heterocycles. The summed E-state index contributed by atoms with van der Waals surface area (Å²) in [5, 5.41) is 3.50. The van der Waals surface area contributed by atoms with Crippen LogP contribution in [0.5, 0.6) is 5.88 Å². The fourth-order valence-electron chi connectivity index (χ4n) is 2.06. The number of hydrogen-bond donors (Lipinski definition) is 1. The van der Waals surface area contributed by atoms with Crippen molar-refractivity contribution in [2.45, 2.75) is 46.1 Å². The Balaban J connectivity index is 2.79. The summed E-state index contributed by atoms with van der Waals surface area (Å²) >= 11 is 0. The monoisotopic (exact) mass is 236 g/mol. The first-order valence-electron chi connectivity index (χ1n) is 6.56. The zero-order chi connectivity index (χ0) is 12.7. The number of pyridine rings is 1. The summed E-state index contributed by atoms with van der Waals surface area (Å²) in [6.45, 7) is 10.2. The van der Waals surface area contributed by atoms with Gasteiger partial charge in [0.2, 0.25) is 5.88 Å². The average Bonchev–Trinajstić information content (AvgIpc) is 2.36. The van der Waals surface area contributed by atoms with E-state index in [1.807, 2.05) is 19.1 Å². The Morgan fingerprint density at radius 1 is 1.29 bits per heavy atom. The van der Waals surface area contributed by atoms with Crippen LogP contribution in [-0.2, 0) is 0 Å². The fraction of sp³-hybridized carbons (Fsp3) is 0.643. The van der Waals surface area contributed by atoms with E-state index in [9.17, 15) is 0 Å². The van der Waals surface area contributed by atoms with Crippen LogP contribution >= 0.6 is 0 Å². The van der Waals surface area contributed by atoms with E-state index in [1.165, 1.54) is 0 Å². The Kier molecular flexibility index (Phi) is 5.98. The van der Waals surface area contributed by atoms with Crippen LogP contribution in [0.3, 0.4) is 0 Å². The number of rotatable bonds is 7. The lowest BCUT2D eigenvalue weighted by molar-refractivity contribution is 0.323. The van der Waals surface area contributed by atoms with Crippen LogP contribution in [-0.4, -0.2) is 24.2 Å². The van der Waals surface area contributed by atoms with E-state index in [1.54, 1.807) is 0 Å². The number of nitrogens with one attached hydrogen (secondary N) is 1. The van der Waals surface area contributed by atoms with Crippen molar-refractivity contribution in [3.8, 4) is 5.88 Å². The molecule has 3 nitrogen and oxygen atoms in total. The highest BCUT2D eigenvalue weighted by Crippen LogP contribution is 2.21. The molecule has 0 aliphatic rings. The number of hydrogen-bond acceptors (Lipinski definition) is 3. The normalized spacial score (nSPS) is 14.4. The Bertz CT molecular complexity index is 328. The molecule has 2 unspecified atom stereocenters. The Hall–Kier alpha value is -1.09. The molecule has 0 saturated carbocycles. The molecule has 1 N–H and O–H groups in total. The summed E-state index contributed by atoms with van der Waals surface area (Å²) in [7, 11) is 0. The number of aromatic nitrogens is 1. The number of ether oxygens (including phenoxy) is 1. The minimum atomic E-state index is 0.403. The maximum absolute atomic E-state index is 5.44. The van der Waals surface area contributed by atoms with Crippen molar-refractivity contribution in [3.63, 3.8) is 0 Å². The molecule has 0 aliphatic heterocycles. The van der Waals surface area contributed by atoms with Gasteiger partial charge in [-0.25, -0.2) is 4.98 Å². The molecule has 0 aromatic carbocycles. The SMILES string of the molecule is CCNC(CC)C(C)c1cccc(OCC)n1. The minimum absolute atomic E-state index is 0.403. The largest absolute Gasteiger partial charge is 0.478 e. The van der Waals surface area contributed by atoms with Crippen LogP contribution in [0.15, 0.2) is 18.2 Å². The van der Waals surface area contributed by atoms with Crippen molar-refractivity contribution in [3.05, 3.63) is 23.9 Å². The van der Waals surface area contributed by atoms with Crippen molar-refractivity contribution in [1.29, 1.82) is 0 Å². The van der Waals surface area contributed by atoms with Gasteiger partial charge in [0, 0.05) is 23.7 Å².